The molecule has 1 aromatic heterocycles. The molecular weight excluding hydrogens is 586 g/mol. The van der Waals surface area contributed by atoms with Crippen molar-refractivity contribution >= 4 is 27.5 Å². The van der Waals surface area contributed by atoms with Gasteiger partial charge in [-0.15, -0.1) is 0 Å². The van der Waals surface area contributed by atoms with Crippen molar-refractivity contribution in [1.82, 2.24) is 20.2 Å². The predicted octanol–water partition coefficient (Wildman–Crippen LogP) is 6.03. The number of aryl methyl sites for hydroxylation is 1. The lowest BCUT2D eigenvalue weighted by Crippen LogP contribution is -2.61. The monoisotopic (exact) mass is 621 g/mol. The van der Waals surface area contributed by atoms with Gasteiger partial charge in [-0.05, 0) is 84.8 Å². The zero-order valence-corrected chi connectivity index (χ0v) is 25.1. The van der Waals surface area contributed by atoms with Crippen LogP contribution < -0.4 is 15.0 Å². The first kappa shape index (κ1) is 28.8. The molecule has 45 heavy (non-hydrogen) atoms. The maximum absolute atomic E-state index is 16.9. The highest BCUT2D eigenvalue weighted by atomic mass is 19.1. The van der Waals surface area contributed by atoms with Crippen molar-refractivity contribution in [2.75, 3.05) is 37.7 Å². The summed E-state index contributed by atoms with van der Waals surface area (Å²) in [6.07, 6.45) is 3.37. The first-order valence-corrected chi connectivity index (χ1v) is 15.9. The molecule has 5 saturated heterocycles. The largest absolute Gasteiger partial charge is 0.508 e. The predicted molar refractivity (Wildman–Crippen MR) is 164 cm³/mol. The third kappa shape index (κ3) is 4.61. The zero-order chi connectivity index (χ0) is 31.0. The van der Waals surface area contributed by atoms with E-state index in [9.17, 15) is 13.9 Å². The summed E-state index contributed by atoms with van der Waals surface area (Å²) < 4.78 is 68.8. The van der Waals surface area contributed by atoms with Crippen LogP contribution in [0.5, 0.6) is 11.8 Å². The molecule has 11 heteroatoms. The zero-order valence-electron chi connectivity index (χ0n) is 25.1. The Hall–Kier alpha value is -3.70. The minimum atomic E-state index is -0.942. The molecule has 9 rings (SSSR count). The van der Waals surface area contributed by atoms with E-state index in [1.165, 1.54) is 30.3 Å². The van der Waals surface area contributed by atoms with Crippen molar-refractivity contribution in [3.05, 3.63) is 53.3 Å². The third-order valence-corrected chi connectivity index (χ3v) is 10.5. The van der Waals surface area contributed by atoms with E-state index in [1.54, 1.807) is 6.92 Å². The van der Waals surface area contributed by atoms with E-state index in [2.05, 4.69) is 20.1 Å². The van der Waals surface area contributed by atoms with Crippen LogP contribution in [0.4, 0.5) is 23.4 Å². The molecule has 4 atom stereocenters. The number of aromatic hydroxyl groups is 1. The topological polar surface area (TPSA) is 73.8 Å². The van der Waals surface area contributed by atoms with Gasteiger partial charge in [0, 0.05) is 43.5 Å². The van der Waals surface area contributed by atoms with E-state index < -0.39 is 34.7 Å². The Kier molecular flexibility index (Phi) is 6.83. The molecule has 2 bridgehead atoms. The molecule has 4 aromatic rings. The minimum absolute atomic E-state index is 0.0440. The summed E-state index contributed by atoms with van der Waals surface area (Å²) in [6, 6.07) is 7.02. The van der Waals surface area contributed by atoms with Crippen LogP contribution in [-0.4, -0.2) is 76.6 Å². The Morgan fingerprint density at radius 2 is 1.96 bits per heavy atom. The van der Waals surface area contributed by atoms with Crippen molar-refractivity contribution in [3.8, 4) is 22.9 Å². The van der Waals surface area contributed by atoms with Gasteiger partial charge in [0.05, 0.1) is 11.1 Å². The molecule has 5 aliphatic rings. The minimum Gasteiger partial charge on any atom is -0.508 e. The van der Waals surface area contributed by atoms with Gasteiger partial charge in [0.25, 0.3) is 0 Å². The normalized spacial score (nSPS) is 26.3. The second-order valence-corrected chi connectivity index (χ2v) is 13.1. The number of anilines is 1. The van der Waals surface area contributed by atoms with Gasteiger partial charge < -0.3 is 20.1 Å². The Bertz CT molecular complexity index is 1830. The molecule has 2 N–H and O–H groups in total. The first-order valence-electron chi connectivity index (χ1n) is 15.9. The number of piperidine rings is 2. The number of nitrogens with zero attached hydrogens (tertiary/aromatic N) is 4. The number of phenolic OH excluding ortho intramolecular Hbond substituents is 1. The summed E-state index contributed by atoms with van der Waals surface area (Å²) in [4.78, 5) is 13.5. The standard InChI is InChI=1S/C34H35F4N5O2/c1-2-23-26(36)7-4-18-10-22(44)11-24(28(18)23)29-27(37)12-25-31(30(29)38)40-33(41-32(25)43-16-20-5-6-21(43)14-39-20)45-17-34-8-3-9-42(34)15-19(35)13-34/h4,7,10-12,19-21,39,44H,2-3,5-6,8-9,13-17H2,1H3/t19-,20+,21?,34+/m1/s1. The van der Waals surface area contributed by atoms with E-state index in [1.807, 2.05) is 0 Å². The number of hydrogen-bond acceptors (Lipinski definition) is 7. The van der Waals surface area contributed by atoms with E-state index >= 15 is 8.78 Å². The molecule has 0 spiro atoms. The Morgan fingerprint density at radius 3 is 2.71 bits per heavy atom. The number of rotatable bonds is 6. The molecule has 6 heterocycles. The lowest BCUT2D eigenvalue weighted by atomic mass is 9.91. The molecule has 7 nitrogen and oxygen atoms in total. The van der Waals surface area contributed by atoms with Crippen molar-refractivity contribution < 1.29 is 27.4 Å². The van der Waals surface area contributed by atoms with Crippen LogP contribution in [0, 0.1) is 17.5 Å². The Morgan fingerprint density at radius 1 is 1.09 bits per heavy atom. The average Bonchev–Trinajstić information content (AvgIpc) is 3.56. The summed E-state index contributed by atoms with van der Waals surface area (Å²) >= 11 is 0. The van der Waals surface area contributed by atoms with E-state index in [0.717, 1.165) is 38.8 Å². The number of fused-ring (bicyclic) bond motifs is 6. The van der Waals surface area contributed by atoms with Crippen molar-refractivity contribution in [1.29, 1.82) is 0 Å². The molecule has 5 fully saturated rings. The van der Waals surface area contributed by atoms with Crippen LogP contribution >= 0.6 is 0 Å². The van der Waals surface area contributed by atoms with Gasteiger partial charge in [0.15, 0.2) is 5.82 Å². The highest BCUT2D eigenvalue weighted by Gasteiger charge is 2.49. The number of aromatic nitrogens is 2. The molecule has 236 valence electrons. The first-order chi connectivity index (χ1) is 21.7. The number of halogens is 4. The number of nitrogens with one attached hydrogen (secondary N) is 1. The number of phenols is 1. The molecule has 0 radical (unpaired) electrons. The number of alkyl halides is 1. The van der Waals surface area contributed by atoms with Gasteiger partial charge in [-0.3, -0.25) is 4.90 Å². The number of benzene rings is 3. The van der Waals surface area contributed by atoms with Gasteiger partial charge in [0.1, 0.15) is 41.5 Å². The second kappa shape index (κ2) is 10.7. The van der Waals surface area contributed by atoms with E-state index in [4.69, 9.17) is 9.72 Å². The molecular formula is C34H35F4N5O2. The molecule has 3 aromatic carbocycles. The quantitative estimate of drug-likeness (QED) is 0.255. The van der Waals surface area contributed by atoms with Gasteiger partial charge in [-0.25, -0.2) is 17.6 Å². The van der Waals surface area contributed by atoms with Crippen LogP contribution in [0.25, 0.3) is 32.8 Å². The van der Waals surface area contributed by atoms with E-state index in [0.29, 0.717) is 41.7 Å². The summed E-state index contributed by atoms with van der Waals surface area (Å²) in [6.45, 7) is 4.45. The Balaban J connectivity index is 1.31. The van der Waals surface area contributed by atoms with Crippen molar-refractivity contribution in [2.24, 2.45) is 0 Å². The molecule has 0 aliphatic carbocycles. The fourth-order valence-electron chi connectivity index (χ4n) is 8.35. The maximum Gasteiger partial charge on any atom is 0.319 e. The lowest BCUT2D eigenvalue weighted by Gasteiger charge is -2.46. The fourth-order valence-corrected chi connectivity index (χ4v) is 8.35. The van der Waals surface area contributed by atoms with Gasteiger partial charge in [-0.1, -0.05) is 13.0 Å². The molecule has 1 unspecified atom stereocenters. The molecule has 0 amide bonds. The number of piperazine rings is 1. The summed E-state index contributed by atoms with van der Waals surface area (Å²) in [5.41, 5.74) is -0.643. The number of hydrogen-bond donors (Lipinski definition) is 2. The summed E-state index contributed by atoms with van der Waals surface area (Å²) in [7, 11) is 0. The van der Waals surface area contributed by atoms with Gasteiger partial charge in [-0.2, -0.15) is 9.97 Å². The van der Waals surface area contributed by atoms with Crippen molar-refractivity contribution in [3.63, 3.8) is 0 Å². The SMILES string of the molecule is CCc1c(F)ccc2cc(O)cc(-c3c(F)cc4c(N5C[C@@H]6CCC5CN6)nc(OC[C@@]56CCCN5C[C@H](F)C6)nc4c3F)c12. The van der Waals surface area contributed by atoms with Crippen LogP contribution in [0.3, 0.4) is 0 Å². The highest BCUT2D eigenvalue weighted by Crippen LogP contribution is 2.44. The van der Waals surface area contributed by atoms with E-state index in [-0.39, 0.29) is 53.3 Å². The van der Waals surface area contributed by atoms with Crippen LogP contribution in [0.1, 0.15) is 44.6 Å². The van der Waals surface area contributed by atoms with Crippen LogP contribution in [0.15, 0.2) is 30.3 Å². The lowest BCUT2D eigenvalue weighted by molar-refractivity contribution is 0.107. The van der Waals surface area contributed by atoms with Crippen LogP contribution in [0.2, 0.25) is 0 Å². The van der Waals surface area contributed by atoms with Gasteiger partial charge >= 0.3 is 6.01 Å². The number of ether oxygens (including phenoxy) is 1. The average molecular weight is 622 g/mol. The molecule has 0 saturated carbocycles. The Labute approximate surface area is 258 Å². The maximum atomic E-state index is 16.9. The van der Waals surface area contributed by atoms with Crippen LogP contribution in [-0.2, 0) is 6.42 Å². The van der Waals surface area contributed by atoms with Crippen molar-refractivity contribution in [2.45, 2.75) is 69.2 Å². The van der Waals surface area contributed by atoms with Gasteiger partial charge in [0.2, 0.25) is 0 Å². The smallest absolute Gasteiger partial charge is 0.319 e. The summed E-state index contributed by atoms with van der Waals surface area (Å²) in [5, 5.41) is 15.1. The third-order valence-electron chi connectivity index (χ3n) is 10.5. The highest BCUT2D eigenvalue weighted by molar-refractivity contribution is 6.03. The summed E-state index contributed by atoms with van der Waals surface area (Å²) in [5.74, 6) is -2.10. The molecule has 5 aliphatic heterocycles. The second-order valence-electron chi connectivity index (χ2n) is 13.1. The fraction of sp³-hybridized carbons (Fsp3) is 0.471.